The van der Waals surface area contributed by atoms with E-state index in [0.29, 0.717) is 29.3 Å². The van der Waals surface area contributed by atoms with Crippen molar-refractivity contribution in [1.82, 2.24) is 15.1 Å². The van der Waals surface area contributed by atoms with E-state index >= 15 is 0 Å². The summed E-state index contributed by atoms with van der Waals surface area (Å²) < 4.78 is 13.1. The van der Waals surface area contributed by atoms with E-state index in [9.17, 15) is 4.79 Å². The maximum atomic E-state index is 12.4. The fourth-order valence-corrected chi connectivity index (χ4v) is 3.14. The average Bonchev–Trinajstić information content (AvgIpc) is 3.38. The van der Waals surface area contributed by atoms with Gasteiger partial charge in [0.2, 0.25) is 0 Å². The van der Waals surface area contributed by atoms with Gasteiger partial charge in [-0.3, -0.25) is 4.68 Å². The summed E-state index contributed by atoms with van der Waals surface area (Å²) in [7, 11) is 1.60. The van der Waals surface area contributed by atoms with Crippen molar-refractivity contribution < 1.29 is 13.9 Å². The Hall–Kier alpha value is -3.74. The van der Waals surface area contributed by atoms with Crippen molar-refractivity contribution in [1.29, 1.82) is 0 Å². The van der Waals surface area contributed by atoms with Crippen molar-refractivity contribution >= 4 is 22.7 Å². The molecule has 2 amide bonds. The molecule has 2 heterocycles. The van der Waals surface area contributed by atoms with Crippen LogP contribution in [0.1, 0.15) is 24.3 Å². The van der Waals surface area contributed by atoms with E-state index in [2.05, 4.69) is 15.7 Å². The zero-order chi connectivity index (χ0) is 20.2. The predicted molar refractivity (Wildman–Crippen MR) is 111 cm³/mol. The van der Waals surface area contributed by atoms with Crippen LogP contribution in [-0.2, 0) is 6.54 Å². The number of aromatic nitrogens is 2. The Bertz CT molecular complexity index is 1100. The van der Waals surface area contributed by atoms with Crippen molar-refractivity contribution in [3.05, 3.63) is 78.3 Å². The minimum Gasteiger partial charge on any atom is -0.493 e. The molecular formula is C22H22N4O3. The lowest BCUT2D eigenvalue weighted by Gasteiger charge is -2.13. The Morgan fingerprint density at radius 2 is 2.03 bits per heavy atom. The molecule has 148 valence electrons. The van der Waals surface area contributed by atoms with Crippen LogP contribution >= 0.6 is 0 Å². The first-order chi connectivity index (χ1) is 14.1. The van der Waals surface area contributed by atoms with E-state index < -0.39 is 0 Å². The molecule has 0 aliphatic carbocycles. The zero-order valence-corrected chi connectivity index (χ0v) is 16.3. The molecule has 4 aromatic rings. The second kappa shape index (κ2) is 8.10. The molecule has 0 saturated carbocycles. The molecule has 0 fully saturated rings. The molecule has 0 aliphatic heterocycles. The molecular weight excluding hydrogens is 368 g/mol. The number of fused-ring (bicyclic) bond motifs is 1. The third kappa shape index (κ3) is 4.24. The number of amides is 2. The second-order valence-electron chi connectivity index (χ2n) is 6.75. The van der Waals surface area contributed by atoms with Crippen LogP contribution in [0.3, 0.4) is 0 Å². The van der Waals surface area contributed by atoms with Crippen LogP contribution in [0, 0.1) is 0 Å². The van der Waals surface area contributed by atoms with Crippen molar-refractivity contribution in [2.45, 2.75) is 19.5 Å². The van der Waals surface area contributed by atoms with Crippen LogP contribution in [-0.4, -0.2) is 22.9 Å². The highest BCUT2D eigenvalue weighted by molar-refractivity contribution is 5.89. The summed E-state index contributed by atoms with van der Waals surface area (Å²) in [6, 6.07) is 16.6. The molecule has 7 nitrogen and oxygen atoms in total. The van der Waals surface area contributed by atoms with Gasteiger partial charge in [-0.25, -0.2) is 4.79 Å². The first-order valence-electron chi connectivity index (χ1n) is 9.33. The van der Waals surface area contributed by atoms with Gasteiger partial charge < -0.3 is 19.8 Å². The monoisotopic (exact) mass is 390 g/mol. The average molecular weight is 390 g/mol. The Balaban J connectivity index is 1.38. The molecule has 0 radical (unpaired) electrons. The molecule has 4 rings (SSSR count). The molecule has 1 atom stereocenters. The number of anilines is 1. The summed E-state index contributed by atoms with van der Waals surface area (Å²) >= 11 is 0. The first kappa shape index (κ1) is 18.6. The van der Waals surface area contributed by atoms with Crippen LogP contribution in [0.25, 0.3) is 11.0 Å². The Morgan fingerprint density at radius 1 is 1.21 bits per heavy atom. The summed E-state index contributed by atoms with van der Waals surface area (Å²) in [5, 5.41) is 10.9. The minimum atomic E-state index is -0.301. The van der Waals surface area contributed by atoms with Gasteiger partial charge in [0.05, 0.1) is 19.7 Å². The molecule has 0 saturated heterocycles. The SMILES string of the molecule is COc1cccc2cc(C(C)NC(=O)Nc3ccc(Cn4cccn4)cc3)oc12. The minimum absolute atomic E-state index is 0.300. The summed E-state index contributed by atoms with van der Waals surface area (Å²) in [6.45, 7) is 2.56. The molecule has 7 heteroatoms. The molecule has 0 aliphatic rings. The maximum absolute atomic E-state index is 12.4. The van der Waals surface area contributed by atoms with Gasteiger partial charge in [0.15, 0.2) is 11.3 Å². The van der Waals surface area contributed by atoms with E-state index in [0.717, 1.165) is 10.9 Å². The molecule has 1 unspecified atom stereocenters. The predicted octanol–water partition coefficient (Wildman–Crippen LogP) is 4.57. The zero-order valence-electron chi connectivity index (χ0n) is 16.3. The van der Waals surface area contributed by atoms with Gasteiger partial charge >= 0.3 is 6.03 Å². The van der Waals surface area contributed by atoms with Gasteiger partial charge in [0.25, 0.3) is 0 Å². The highest BCUT2D eigenvalue weighted by Gasteiger charge is 2.16. The number of ether oxygens (including phenoxy) is 1. The molecule has 29 heavy (non-hydrogen) atoms. The standard InChI is InChI=1S/C22H22N4O3/c1-15(20-13-17-5-3-6-19(28-2)21(17)29-20)24-22(27)25-18-9-7-16(8-10-18)14-26-12-4-11-23-26/h3-13,15H,14H2,1-2H3,(H2,24,25,27). The van der Waals surface area contributed by atoms with Crippen molar-refractivity contribution in [2.75, 3.05) is 12.4 Å². The molecule has 0 bridgehead atoms. The van der Waals surface area contributed by atoms with E-state index in [1.54, 1.807) is 13.3 Å². The van der Waals surface area contributed by atoms with Gasteiger partial charge in [0, 0.05) is 23.5 Å². The number of para-hydroxylation sites is 1. The van der Waals surface area contributed by atoms with Crippen LogP contribution in [0.4, 0.5) is 10.5 Å². The number of methoxy groups -OCH3 is 1. The highest BCUT2D eigenvalue weighted by Crippen LogP contribution is 2.30. The number of nitrogens with one attached hydrogen (secondary N) is 2. The molecule has 2 N–H and O–H groups in total. The highest BCUT2D eigenvalue weighted by atomic mass is 16.5. The lowest BCUT2D eigenvalue weighted by molar-refractivity contribution is 0.248. The summed E-state index contributed by atoms with van der Waals surface area (Å²) in [5.41, 5.74) is 2.49. The van der Waals surface area contributed by atoms with E-state index in [1.165, 1.54) is 0 Å². The van der Waals surface area contributed by atoms with E-state index in [4.69, 9.17) is 9.15 Å². The lowest BCUT2D eigenvalue weighted by atomic mass is 10.2. The number of carbonyl (C=O) groups is 1. The van der Waals surface area contributed by atoms with Gasteiger partial charge in [-0.2, -0.15) is 5.10 Å². The lowest BCUT2D eigenvalue weighted by Crippen LogP contribution is -2.30. The van der Waals surface area contributed by atoms with Crippen LogP contribution < -0.4 is 15.4 Å². The topological polar surface area (TPSA) is 81.3 Å². The van der Waals surface area contributed by atoms with Crippen molar-refractivity contribution in [3.8, 4) is 5.75 Å². The van der Waals surface area contributed by atoms with Crippen LogP contribution in [0.2, 0.25) is 0 Å². The van der Waals surface area contributed by atoms with Crippen LogP contribution in [0.5, 0.6) is 5.75 Å². The number of rotatable bonds is 6. The number of urea groups is 1. The van der Waals surface area contributed by atoms with Crippen molar-refractivity contribution in [3.63, 3.8) is 0 Å². The van der Waals surface area contributed by atoms with E-state index in [-0.39, 0.29) is 12.1 Å². The molecule has 0 spiro atoms. The quantitative estimate of drug-likeness (QED) is 0.505. The number of nitrogens with zero attached hydrogens (tertiary/aromatic N) is 2. The van der Waals surface area contributed by atoms with Crippen molar-refractivity contribution in [2.24, 2.45) is 0 Å². The Kier molecular flexibility index (Phi) is 5.20. The van der Waals surface area contributed by atoms with Gasteiger partial charge in [0.1, 0.15) is 5.76 Å². The number of furan rings is 1. The Labute approximate surface area is 168 Å². The normalized spacial score (nSPS) is 11.9. The van der Waals surface area contributed by atoms with Crippen LogP contribution in [0.15, 0.2) is 71.4 Å². The van der Waals surface area contributed by atoms with Gasteiger partial charge in [-0.15, -0.1) is 0 Å². The third-order valence-electron chi connectivity index (χ3n) is 4.64. The summed E-state index contributed by atoms with van der Waals surface area (Å²) in [4.78, 5) is 12.4. The number of benzene rings is 2. The smallest absolute Gasteiger partial charge is 0.319 e. The Morgan fingerprint density at radius 3 is 2.76 bits per heavy atom. The number of hydrogen-bond donors (Lipinski definition) is 2. The second-order valence-corrected chi connectivity index (χ2v) is 6.75. The largest absolute Gasteiger partial charge is 0.493 e. The fourth-order valence-electron chi connectivity index (χ4n) is 3.14. The first-order valence-corrected chi connectivity index (χ1v) is 9.33. The maximum Gasteiger partial charge on any atom is 0.319 e. The summed E-state index contributed by atoms with van der Waals surface area (Å²) in [5.74, 6) is 1.33. The van der Waals surface area contributed by atoms with Gasteiger partial charge in [-0.05, 0) is 42.8 Å². The van der Waals surface area contributed by atoms with Gasteiger partial charge in [-0.1, -0.05) is 24.3 Å². The third-order valence-corrected chi connectivity index (χ3v) is 4.64. The molecule has 2 aromatic carbocycles. The van der Waals surface area contributed by atoms with E-state index in [1.807, 2.05) is 72.4 Å². The number of carbonyl (C=O) groups excluding carboxylic acids is 1. The summed E-state index contributed by atoms with van der Waals surface area (Å²) in [6.07, 6.45) is 3.66. The fraction of sp³-hybridized carbons (Fsp3) is 0.182. The number of hydrogen-bond acceptors (Lipinski definition) is 4. The molecule has 2 aromatic heterocycles.